The Labute approximate surface area is 160 Å². The zero-order valence-corrected chi connectivity index (χ0v) is 14.9. The standard InChI is InChI=1S/C18H18N4O6/c1-2-28-14-6-4-13(5-7-14)20-17(24)10-18(25)21-19-11-12-3-8-16(23)15(9-12)22(26)27/h3-9,11,23H,2,10H2,1H3,(H,20,24)(H,21,25). The van der Waals surface area contributed by atoms with Crippen LogP contribution in [-0.2, 0) is 9.59 Å². The van der Waals surface area contributed by atoms with Crippen molar-refractivity contribution in [2.75, 3.05) is 11.9 Å². The van der Waals surface area contributed by atoms with Crippen molar-refractivity contribution in [3.63, 3.8) is 0 Å². The first-order valence-electron chi connectivity index (χ1n) is 8.21. The second-order valence-electron chi connectivity index (χ2n) is 5.48. The third-order valence-electron chi connectivity index (χ3n) is 3.37. The van der Waals surface area contributed by atoms with Gasteiger partial charge in [0, 0.05) is 17.3 Å². The number of carbonyl (C=O) groups is 2. The fraction of sp³-hybridized carbons (Fsp3) is 0.167. The average molecular weight is 386 g/mol. The lowest BCUT2D eigenvalue weighted by atomic mass is 10.2. The highest BCUT2D eigenvalue weighted by Gasteiger charge is 2.13. The molecule has 0 fully saturated rings. The summed E-state index contributed by atoms with van der Waals surface area (Å²) in [6.45, 7) is 2.39. The molecule has 0 radical (unpaired) electrons. The second kappa shape index (κ2) is 9.67. The maximum Gasteiger partial charge on any atom is 0.311 e. The lowest BCUT2D eigenvalue weighted by Crippen LogP contribution is -2.24. The number of nitrogens with zero attached hydrogens (tertiary/aromatic N) is 2. The molecule has 146 valence electrons. The SMILES string of the molecule is CCOc1ccc(NC(=O)CC(=O)NN=Cc2ccc(O)c([N+](=O)[O-])c2)cc1. The van der Waals surface area contributed by atoms with Crippen LogP contribution in [0, 0.1) is 10.1 Å². The maximum atomic E-state index is 11.9. The van der Waals surface area contributed by atoms with E-state index in [-0.39, 0.29) is 0 Å². The number of aromatic hydroxyl groups is 1. The van der Waals surface area contributed by atoms with E-state index in [1.165, 1.54) is 6.07 Å². The van der Waals surface area contributed by atoms with E-state index in [1.54, 1.807) is 24.3 Å². The van der Waals surface area contributed by atoms with Crippen molar-refractivity contribution in [2.24, 2.45) is 5.10 Å². The number of phenolic OH excluding ortho intramolecular Hbond substituents is 1. The van der Waals surface area contributed by atoms with Crippen molar-refractivity contribution in [1.29, 1.82) is 0 Å². The number of nitro benzene ring substituents is 1. The summed E-state index contributed by atoms with van der Waals surface area (Å²) in [7, 11) is 0. The average Bonchev–Trinajstić information content (AvgIpc) is 2.64. The topological polar surface area (TPSA) is 143 Å². The van der Waals surface area contributed by atoms with Crippen molar-refractivity contribution in [3.05, 3.63) is 58.1 Å². The fourth-order valence-corrected chi connectivity index (χ4v) is 2.14. The highest BCUT2D eigenvalue weighted by Crippen LogP contribution is 2.25. The highest BCUT2D eigenvalue weighted by molar-refractivity contribution is 6.03. The zero-order valence-electron chi connectivity index (χ0n) is 14.9. The van der Waals surface area contributed by atoms with Crippen LogP contribution in [0.3, 0.4) is 0 Å². The van der Waals surface area contributed by atoms with Gasteiger partial charge < -0.3 is 15.2 Å². The molecule has 10 nitrogen and oxygen atoms in total. The highest BCUT2D eigenvalue weighted by atomic mass is 16.6. The Morgan fingerprint density at radius 2 is 1.93 bits per heavy atom. The fourth-order valence-electron chi connectivity index (χ4n) is 2.14. The number of nitrogens with one attached hydrogen (secondary N) is 2. The third kappa shape index (κ3) is 6.09. The minimum atomic E-state index is -0.740. The van der Waals surface area contributed by atoms with E-state index in [2.05, 4.69) is 15.8 Å². The number of amides is 2. The van der Waals surface area contributed by atoms with Crippen molar-refractivity contribution >= 4 is 29.4 Å². The summed E-state index contributed by atoms with van der Waals surface area (Å²) < 4.78 is 5.29. The van der Waals surface area contributed by atoms with E-state index in [1.807, 2.05) is 6.92 Å². The molecule has 2 aromatic carbocycles. The van der Waals surface area contributed by atoms with Crippen LogP contribution in [-0.4, -0.2) is 34.7 Å². The molecule has 0 unspecified atom stereocenters. The van der Waals surface area contributed by atoms with Gasteiger partial charge in [0.15, 0.2) is 5.75 Å². The molecule has 10 heteroatoms. The first kappa shape index (κ1) is 20.4. The van der Waals surface area contributed by atoms with Gasteiger partial charge in [-0.25, -0.2) is 5.43 Å². The Balaban J connectivity index is 1.84. The van der Waals surface area contributed by atoms with E-state index in [9.17, 15) is 24.8 Å². The van der Waals surface area contributed by atoms with Gasteiger partial charge in [-0.2, -0.15) is 5.10 Å². The smallest absolute Gasteiger partial charge is 0.311 e. The number of ether oxygens (including phenoxy) is 1. The lowest BCUT2D eigenvalue weighted by molar-refractivity contribution is -0.385. The maximum absolute atomic E-state index is 11.9. The minimum absolute atomic E-state index is 0.295. The predicted octanol–water partition coefficient (Wildman–Crippen LogP) is 2.18. The van der Waals surface area contributed by atoms with Crippen LogP contribution in [0.2, 0.25) is 0 Å². The van der Waals surface area contributed by atoms with Crippen molar-refractivity contribution in [2.45, 2.75) is 13.3 Å². The molecule has 0 saturated carbocycles. The number of hydrazone groups is 1. The molecule has 2 aromatic rings. The molecule has 0 aliphatic carbocycles. The molecule has 0 spiro atoms. The van der Waals surface area contributed by atoms with Gasteiger partial charge in [-0.05, 0) is 43.3 Å². The molecule has 0 heterocycles. The van der Waals surface area contributed by atoms with Gasteiger partial charge >= 0.3 is 5.69 Å². The van der Waals surface area contributed by atoms with E-state index < -0.39 is 34.6 Å². The Kier molecular flexibility index (Phi) is 7.03. The number of nitro groups is 1. The van der Waals surface area contributed by atoms with Crippen LogP contribution < -0.4 is 15.5 Å². The molecule has 0 saturated heterocycles. The number of carbonyl (C=O) groups excluding carboxylic acids is 2. The van der Waals surface area contributed by atoms with E-state index in [4.69, 9.17) is 4.74 Å². The van der Waals surface area contributed by atoms with E-state index in [0.29, 0.717) is 23.6 Å². The Morgan fingerprint density at radius 3 is 2.57 bits per heavy atom. The first-order valence-corrected chi connectivity index (χ1v) is 8.21. The summed E-state index contributed by atoms with van der Waals surface area (Å²) >= 11 is 0. The van der Waals surface area contributed by atoms with Gasteiger partial charge in [0.1, 0.15) is 12.2 Å². The van der Waals surface area contributed by atoms with Gasteiger partial charge in [-0.3, -0.25) is 19.7 Å². The lowest BCUT2D eigenvalue weighted by Gasteiger charge is -2.06. The molecule has 0 atom stereocenters. The normalized spacial score (nSPS) is 10.5. The summed E-state index contributed by atoms with van der Waals surface area (Å²) in [5.41, 5.74) is 2.48. The molecule has 28 heavy (non-hydrogen) atoms. The quantitative estimate of drug-likeness (QED) is 0.275. The van der Waals surface area contributed by atoms with Gasteiger partial charge in [0.25, 0.3) is 0 Å². The van der Waals surface area contributed by atoms with Crippen LogP contribution in [0.25, 0.3) is 0 Å². The number of hydrogen-bond acceptors (Lipinski definition) is 7. The second-order valence-corrected chi connectivity index (χ2v) is 5.48. The number of phenols is 1. The van der Waals surface area contributed by atoms with Crippen molar-refractivity contribution in [3.8, 4) is 11.5 Å². The Morgan fingerprint density at radius 1 is 1.21 bits per heavy atom. The van der Waals surface area contributed by atoms with Gasteiger partial charge in [0.05, 0.1) is 17.7 Å². The minimum Gasteiger partial charge on any atom is -0.502 e. The zero-order chi connectivity index (χ0) is 20.5. The van der Waals surface area contributed by atoms with Crippen LogP contribution in [0.4, 0.5) is 11.4 Å². The number of anilines is 1. The molecular weight excluding hydrogens is 368 g/mol. The van der Waals surface area contributed by atoms with Gasteiger partial charge in [-0.15, -0.1) is 0 Å². The molecule has 0 aliphatic heterocycles. The van der Waals surface area contributed by atoms with E-state index in [0.717, 1.165) is 18.3 Å². The Bertz CT molecular complexity index is 895. The number of rotatable bonds is 8. The summed E-state index contributed by atoms with van der Waals surface area (Å²) in [5.74, 6) is -0.996. The summed E-state index contributed by atoms with van der Waals surface area (Å²) in [5, 5.41) is 26.3. The molecule has 0 aromatic heterocycles. The third-order valence-corrected chi connectivity index (χ3v) is 3.37. The molecule has 0 aliphatic rings. The number of benzene rings is 2. The molecular formula is C18H18N4O6. The van der Waals surface area contributed by atoms with Crippen LogP contribution in [0.15, 0.2) is 47.6 Å². The molecule has 3 N–H and O–H groups in total. The predicted molar refractivity (Wildman–Crippen MR) is 101 cm³/mol. The first-order chi connectivity index (χ1) is 13.4. The van der Waals surface area contributed by atoms with Gasteiger partial charge in [-0.1, -0.05) is 0 Å². The summed E-state index contributed by atoms with van der Waals surface area (Å²) in [4.78, 5) is 33.6. The number of hydrogen-bond donors (Lipinski definition) is 3. The van der Waals surface area contributed by atoms with Crippen molar-refractivity contribution in [1.82, 2.24) is 5.43 Å². The van der Waals surface area contributed by atoms with Crippen molar-refractivity contribution < 1.29 is 24.4 Å². The monoisotopic (exact) mass is 386 g/mol. The van der Waals surface area contributed by atoms with Crippen LogP contribution in [0.5, 0.6) is 11.5 Å². The Hall–Kier alpha value is -3.95. The van der Waals surface area contributed by atoms with Crippen LogP contribution >= 0.6 is 0 Å². The molecule has 2 rings (SSSR count). The molecule has 0 bridgehead atoms. The van der Waals surface area contributed by atoms with Gasteiger partial charge in [0.2, 0.25) is 11.8 Å². The van der Waals surface area contributed by atoms with E-state index >= 15 is 0 Å². The summed E-state index contributed by atoms with van der Waals surface area (Å²) in [6, 6.07) is 10.3. The summed E-state index contributed by atoms with van der Waals surface area (Å²) in [6.07, 6.45) is 0.703. The van der Waals surface area contributed by atoms with Crippen LogP contribution in [0.1, 0.15) is 18.9 Å². The molecule has 2 amide bonds. The largest absolute Gasteiger partial charge is 0.502 e.